The summed E-state index contributed by atoms with van der Waals surface area (Å²) >= 11 is 5.97. The molecule has 3 aromatic heterocycles. The molecule has 5 rings (SSSR count). The highest BCUT2D eigenvalue weighted by molar-refractivity contribution is 6.30. The van der Waals surface area contributed by atoms with E-state index >= 15 is 0 Å². The molecule has 0 amide bonds. The molecule has 0 fully saturated rings. The van der Waals surface area contributed by atoms with Crippen molar-refractivity contribution in [2.75, 3.05) is 0 Å². The molecule has 0 radical (unpaired) electrons. The number of aromatic nitrogens is 5. The van der Waals surface area contributed by atoms with Crippen LogP contribution in [0.15, 0.2) is 73.3 Å². The van der Waals surface area contributed by atoms with Gasteiger partial charge in [-0.1, -0.05) is 29.8 Å². The van der Waals surface area contributed by atoms with Gasteiger partial charge in [0.05, 0.1) is 11.9 Å². The Hall–Kier alpha value is -3.51. The Labute approximate surface area is 159 Å². The fourth-order valence-electron chi connectivity index (χ4n) is 2.94. The number of benzene rings is 2. The Bertz CT molecular complexity index is 1260. The van der Waals surface area contributed by atoms with Gasteiger partial charge in [0, 0.05) is 16.6 Å². The summed E-state index contributed by atoms with van der Waals surface area (Å²) in [6, 6.07) is 17.0. The van der Waals surface area contributed by atoms with Crippen LogP contribution in [0.1, 0.15) is 0 Å². The van der Waals surface area contributed by atoms with Crippen LogP contribution in [0.3, 0.4) is 0 Å². The number of hydrogen-bond acceptors (Lipinski definition) is 5. The molecule has 0 aliphatic carbocycles. The van der Waals surface area contributed by atoms with Gasteiger partial charge in [-0.25, -0.2) is 14.6 Å². The van der Waals surface area contributed by atoms with Crippen molar-refractivity contribution in [3.8, 4) is 17.3 Å². The molecule has 3 heterocycles. The summed E-state index contributed by atoms with van der Waals surface area (Å²) in [5.41, 5.74) is 2.28. The molecule has 0 saturated carbocycles. The lowest BCUT2D eigenvalue weighted by atomic mass is 10.2. The summed E-state index contributed by atoms with van der Waals surface area (Å²) in [4.78, 5) is 13.1. The number of fused-ring (bicyclic) bond motifs is 2. The standard InChI is InChI=1S/C20H12ClN5O/c21-14-6-8-15(9-7-14)26-19-16(11-25-26)20(24-12-23-19)27-17-5-1-3-13-4-2-10-22-18(13)17/h1-12H. The van der Waals surface area contributed by atoms with E-state index in [2.05, 4.69) is 20.1 Å². The molecule has 0 aliphatic rings. The lowest BCUT2D eigenvalue weighted by molar-refractivity contribution is 0.472. The normalized spacial score (nSPS) is 11.1. The first-order valence-electron chi connectivity index (χ1n) is 8.26. The molecule has 27 heavy (non-hydrogen) atoms. The molecule has 130 valence electrons. The SMILES string of the molecule is Clc1ccc(-n2ncc3c(Oc4cccc5cccnc45)ncnc32)cc1. The van der Waals surface area contributed by atoms with Gasteiger partial charge in [0.1, 0.15) is 17.2 Å². The zero-order chi connectivity index (χ0) is 18.2. The second-order valence-electron chi connectivity index (χ2n) is 5.88. The van der Waals surface area contributed by atoms with E-state index < -0.39 is 0 Å². The van der Waals surface area contributed by atoms with Crippen LogP contribution in [0.25, 0.3) is 27.6 Å². The average Bonchev–Trinajstić information content (AvgIpc) is 3.14. The van der Waals surface area contributed by atoms with Crippen LogP contribution in [-0.4, -0.2) is 24.7 Å². The number of para-hydroxylation sites is 1. The molecule has 2 aromatic carbocycles. The lowest BCUT2D eigenvalue weighted by Crippen LogP contribution is -1.98. The van der Waals surface area contributed by atoms with E-state index in [9.17, 15) is 0 Å². The van der Waals surface area contributed by atoms with E-state index in [1.165, 1.54) is 6.33 Å². The highest BCUT2D eigenvalue weighted by atomic mass is 35.5. The molecule has 0 spiro atoms. The molecule has 7 heteroatoms. The number of halogens is 1. The molecule has 0 N–H and O–H groups in total. The third-order valence-corrected chi connectivity index (χ3v) is 4.45. The van der Waals surface area contributed by atoms with E-state index in [1.807, 2.05) is 54.6 Å². The number of pyridine rings is 1. The quantitative estimate of drug-likeness (QED) is 0.454. The summed E-state index contributed by atoms with van der Waals surface area (Å²) in [6.45, 7) is 0. The van der Waals surface area contributed by atoms with Gasteiger partial charge in [-0.15, -0.1) is 0 Å². The maximum absolute atomic E-state index is 6.09. The highest BCUT2D eigenvalue weighted by Crippen LogP contribution is 2.31. The fourth-order valence-corrected chi connectivity index (χ4v) is 3.06. The van der Waals surface area contributed by atoms with E-state index in [0.717, 1.165) is 16.6 Å². The predicted molar refractivity (Wildman–Crippen MR) is 103 cm³/mol. The van der Waals surface area contributed by atoms with Gasteiger partial charge < -0.3 is 4.74 Å². The van der Waals surface area contributed by atoms with Crippen molar-refractivity contribution in [3.05, 3.63) is 78.3 Å². The second kappa shape index (κ2) is 6.34. The van der Waals surface area contributed by atoms with Crippen LogP contribution < -0.4 is 4.74 Å². The Morgan fingerprint density at radius 1 is 0.889 bits per heavy atom. The van der Waals surface area contributed by atoms with Crippen LogP contribution in [0.5, 0.6) is 11.6 Å². The molecule has 0 unspecified atom stereocenters. The van der Waals surface area contributed by atoms with Gasteiger partial charge in [0.25, 0.3) is 0 Å². The summed E-state index contributed by atoms with van der Waals surface area (Å²) < 4.78 is 7.81. The zero-order valence-electron chi connectivity index (χ0n) is 14.0. The van der Waals surface area contributed by atoms with Gasteiger partial charge in [-0.05, 0) is 36.4 Å². The fraction of sp³-hybridized carbons (Fsp3) is 0. The first-order valence-corrected chi connectivity index (χ1v) is 8.64. The Morgan fingerprint density at radius 2 is 1.74 bits per heavy atom. The minimum atomic E-state index is 0.429. The largest absolute Gasteiger partial charge is 0.436 e. The van der Waals surface area contributed by atoms with E-state index in [4.69, 9.17) is 16.3 Å². The molecular formula is C20H12ClN5O. The Kier molecular flexibility index (Phi) is 3.69. The van der Waals surface area contributed by atoms with Crippen molar-refractivity contribution < 1.29 is 4.74 Å². The van der Waals surface area contributed by atoms with E-state index in [-0.39, 0.29) is 0 Å². The summed E-state index contributed by atoms with van der Waals surface area (Å²) in [5, 5.41) is 6.81. The van der Waals surface area contributed by atoms with Crippen molar-refractivity contribution in [1.82, 2.24) is 24.7 Å². The van der Waals surface area contributed by atoms with Crippen molar-refractivity contribution in [2.24, 2.45) is 0 Å². The minimum absolute atomic E-state index is 0.429. The number of nitrogens with zero attached hydrogens (tertiary/aromatic N) is 5. The second-order valence-corrected chi connectivity index (χ2v) is 6.32. The Morgan fingerprint density at radius 3 is 2.63 bits per heavy atom. The predicted octanol–water partition coefficient (Wildman–Crippen LogP) is 4.81. The maximum Gasteiger partial charge on any atom is 0.233 e. The highest BCUT2D eigenvalue weighted by Gasteiger charge is 2.14. The lowest BCUT2D eigenvalue weighted by Gasteiger charge is -2.08. The summed E-state index contributed by atoms with van der Waals surface area (Å²) in [6.07, 6.45) is 4.89. The molecule has 0 bridgehead atoms. The van der Waals surface area contributed by atoms with Crippen LogP contribution >= 0.6 is 11.6 Å². The van der Waals surface area contributed by atoms with E-state index in [0.29, 0.717) is 27.7 Å². The average molecular weight is 374 g/mol. The van der Waals surface area contributed by atoms with Crippen molar-refractivity contribution in [1.29, 1.82) is 0 Å². The van der Waals surface area contributed by atoms with Crippen molar-refractivity contribution >= 4 is 33.5 Å². The topological polar surface area (TPSA) is 65.7 Å². The zero-order valence-corrected chi connectivity index (χ0v) is 14.7. The maximum atomic E-state index is 6.09. The number of rotatable bonds is 3. The molecular weight excluding hydrogens is 362 g/mol. The smallest absolute Gasteiger partial charge is 0.233 e. The van der Waals surface area contributed by atoms with Gasteiger partial charge >= 0.3 is 0 Å². The van der Waals surface area contributed by atoms with Gasteiger partial charge in [0.15, 0.2) is 11.4 Å². The summed E-state index contributed by atoms with van der Waals surface area (Å²) in [7, 11) is 0. The minimum Gasteiger partial charge on any atom is -0.436 e. The van der Waals surface area contributed by atoms with Crippen LogP contribution in [-0.2, 0) is 0 Å². The molecule has 0 atom stereocenters. The third kappa shape index (κ3) is 2.76. The molecule has 0 aliphatic heterocycles. The van der Waals surface area contributed by atoms with E-state index in [1.54, 1.807) is 17.1 Å². The number of ether oxygens (including phenoxy) is 1. The van der Waals surface area contributed by atoms with Gasteiger partial charge in [-0.3, -0.25) is 4.98 Å². The van der Waals surface area contributed by atoms with Crippen molar-refractivity contribution in [3.63, 3.8) is 0 Å². The molecule has 0 saturated heterocycles. The first-order chi connectivity index (χ1) is 13.3. The molecule has 5 aromatic rings. The van der Waals surface area contributed by atoms with Gasteiger partial charge in [0.2, 0.25) is 5.88 Å². The first kappa shape index (κ1) is 15.7. The Balaban J connectivity index is 1.61. The van der Waals surface area contributed by atoms with Crippen LogP contribution in [0.4, 0.5) is 0 Å². The third-order valence-electron chi connectivity index (χ3n) is 4.20. The summed E-state index contributed by atoms with van der Waals surface area (Å²) in [5.74, 6) is 1.06. The van der Waals surface area contributed by atoms with Crippen molar-refractivity contribution in [2.45, 2.75) is 0 Å². The monoisotopic (exact) mass is 373 g/mol. The van der Waals surface area contributed by atoms with Gasteiger partial charge in [-0.2, -0.15) is 5.10 Å². The molecule has 6 nitrogen and oxygen atoms in total. The number of hydrogen-bond donors (Lipinski definition) is 0. The van der Waals surface area contributed by atoms with Crippen LogP contribution in [0, 0.1) is 0 Å². The van der Waals surface area contributed by atoms with Crippen LogP contribution in [0.2, 0.25) is 5.02 Å².